The fourth-order valence-electron chi connectivity index (χ4n) is 0.856. The van der Waals surface area contributed by atoms with Gasteiger partial charge in [-0.1, -0.05) is 11.6 Å². The molecule has 0 radical (unpaired) electrons. The van der Waals surface area contributed by atoms with Crippen LogP contribution in [0.5, 0.6) is 11.5 Å². The third-order valence-electron chi connectivity index (χ3n) is 1.36. The minimum atomic E-state index is -1.88. The van der Waals surface area contributed by atoms with Crippen molar-refractivity contribution in [3.63, 3.8) is 0 Å². The standard InChI is InChI=1S/C7H8BClO4/c1-12-6-3-2-5(9)4-7(6)13-8(10)11/h2-4,10-11H,1H3. The van der Waals surface area contributed by atoms with Gasteiger partial charge in [-0.3, -0.25) is 0 Å². The number of hydrogen-bond acceptors (Lipinski definition) is 4. The molecule has 0 aliphatic carbocycles. The zero-order chi connectivity index (χ0) is 9.84. The van der Waals surface area contributed by atoms with Crippen molar-refractivity contribution >= 4 is 18.9 Å². The van der Waals surface area contributed by atoms with Crippen LogP contribution in [0.15, 0.2) is 18.2 Å². The summed E-state index contributed by atoms with van der Waals surface area (Å²) >= 11 is 5.66. The monoisotopic (exact) mass is 202 g/mol. The Hall–Kier alpha value is -0.905. The molecule has 0 atom stereocenters. The second-order valence-corrected chi connectivity index (χ2v) is 2.68. The molecule has 0 saturated carbocycles. The van der Waals surface area contributed by atoms with E-state index in [0.717, 1.165) is 0 Å². The molecule has 2 N–H and O–H groups in total. The second-order valence-electron chi connectivity index (χ2n) is 2.24. The zero-order valence-electron chi connectivity index (χ0n) is 6.90. The van der Waals surface area contributed by atoms with Gasteiger partial charge in [0.15, 0.2) is 5.75 Å². The molecule has 1 aromatic carbocycles. The van der Waals surface area contributed by atoms with Crippen molar-refractivity contribution in [2.75, 3.05) is 7.11 Å². The summed E-state index contributed by atoms with van der Waals surface area (Å²) < 4.78 is 9.51. The maximum absolute atomic E-state index is 8.55. The van der Waals surface area contributed by atoms with E-state index < -0.39 is 7.32 Å². The fraction of sp³-hybridized carbons (Fsp3) is 0.143. The highest BCUT2D eigenvalue weighted by Gasteiger charge is 2.14. The van der Waals surface area contributed by atoms with Crippen molar-refractivity contribution in [3.8, 4) is 11.5 Å². The van der Waals surface area contributed by atoms with E-state index >= 15 is 0 Å². The van der Waals surface area contributed by atoms with E-state index in [1.807, 2.05) is 0 Å². The van der Waals surface area contributed by atoms with Crippen LogP contribution in [0, 0.1) is 0 Å². The molecule has 13 heavy (non-hydrogen) atoms. The molecule has 70 valence electrons. The van der Waals surface area contributed by atoms with E-state index in [4.69, 9.17) is 26.4 Å². The average Bonchev–Trinajstić information content (AvgIpc) is 2.03. The topological polar surface area (TPSA) is 58.9 Å². The highest BCUT2D eigenvalue weighted by atomic mass is 35.5. The molecule has 0 heterocycles. The van der Waals surface area contributed by atoms with E-state index in [-0.39, 0.29) is 5.75 Å². The van der Waals surface area contributed by atoms with E-state index in [2.05, 4.69) is 4.65 Å². The molecule has 0 spiro atoms. The molecule has 0 amide bonds. The van der Waals surface area contributed by atoms with Gasteiger partial charge in [0, 0.05) is 11.1 Å². The highest BCUT2D eigenvalue weighted by molar-refractivity contribution is 6.34. The predicted molar refractivity (Wildman–Crippen MR) is 48.8 cm³/mol. The summed E-state index contributed by atoms with van der Waals surface area (Å²) in [6.45, 7) is 0. The Morgan fingerprint density at radius 2 is 2.00 bits per heavy atom. The summed E-state index contributed by atoms with van der Waals surface area (Å²) in [7, 11) is -0.438. The van der Waals surface area contributed by atoms with Crippen LogP contribution in [-0.4, -0.2) is 24.5 Å². The van der Waals surface area contributed by atoms with Gasteiger partial charge in [-0.2, -0.15) is 0 Å². The van der Waals surface area contributed by atoms with E-state index in [0.29, 0.717) is 10.8 Å². The van der Waals surface area contributed by atoms with Crippen molar-refractivity contribution in [2.24, 2.45) is 0 Å². The average molecular weight is 202 g/mol. The van der Waals surface area contributed by atoms with Crippen molar-refractivity contribution in [1.82, 2.24) is 0 Å². The van der Waals surface area contributed by atoms with Crippen LogP contribution in [-0.2, 0) is 0 Å². The molecular weight excluding hydrogens is 194 g/mol. The van der Waals surface area contributed by atoms with E-state index in [9.17, 15) is 0 Å². The van der Waals surface area contributed by atoms with Crippen LogP contribution in [0.25, 0.3) is 0 Å². The molecule has 1 rings (SSSR count). The number of halogens is 1. The Bertz CT molecular complexity index is 292. The van der Waals surface area contributed by atoms with Gasteiger partial charge in [-0.25, -0.2) is 0 Å². The quantitative estimate of drug-likeness (QED) is 0.708. The van der Waals surface area contributed by atoms with Gasteiger partial charge in [0.05, 0.1) is 7.11 Å². The van der Waals surface area contributed by atoms with Gasteiger partial charge in [0.25, 0.3) is 0 Å². The second kappa shape index (κ2) is 4.36. The summed E-state index contributed by atoms with van der Waals surface area (Å²) in [4.78, 5) is 0. The van der Waals surface area contributed by atoms with Gasteiger partial charge in [-0.05, 0) is 12.1 Å². The summed E-state index contributed by atoms with van der Waals surface area (Å²) in [5.74, 6) is 0.572. The van der Waals surface area contributed by atoms with Crippen LogP contribution in [0.2, 0.25) is 5.02 Å². The Kier molecular flexibility index (Phi) is 3.42. The smallest absolute Gasteiger partial charge is 0.509 e. The van der Waals surface area contributed by atoms with E-state index in [1.54, 1.807) is 12.1 Å². The maximum Gasteiger partial charge on any atom is 0.707 e. The molecule has 0 saturated heterocycles. The number of rotatable bonds is 3. The molecule has 0 aliphatic heterocycles. The first kappa shape index (κ1) is 10.2. The number of benzene rings is 1. The van der Waals surface area contributed by atoms with Crippen LogP contribution in [0.4, 0.5) is 0 Å². The molecule has 0 bridgehead atoms. The summed E-state index contributed by atoms with van der Waals surface area (Å²) in [6.07, 6.45) is 0. The SMILES string of the molecule is COc1ccc(Cl)cc1OB(O)O. The minimum absolute atomic E-state index is 0.185. The minimum Gasteiger partial charge on any atom is -0.509 e. The van der Waals surface area contributed by atoms with Gasteiger partial charge in [-0.15, -0.1) is 0 Å². The predicted octanol–water partition coefficient (Wildman–Crippen LogP) is 0.697. The lowest BCUT2D eigenvalue weighted by molar-refractivity contribution is 0.279. The van der Waals surface area contributed by atoms with Crippen LogP contribution < -0.4 is 9.39 Å². The van der Waals surface area contributed by atoms with Crippen molar-refractivity contribution in [1.29, 1.82) is 0 Å². The summed E-state index contributed by atoms with van der Waals surface area (Å²) in [5, 5.41) is 17.5. The first-order valence-corrected chi connectivity index (χ1v) is 3.87. The first-order chi connectivity index (χ1) is 6.13. The third kappa shape index (κ3) is 2.80. The summed E-state index contributed by atoms with van der Waals surface area (Å²) in [6, 6.07) is 4.61. The molecule has 0 unspecified atom stereocenters. The van der Waals surface area contributed by atoms with Crippen LogP contribution >= 0.6 is 11.6 Å². The van der Waals surface area contributed by atoms with E-state index in [1.165, 1.54) is 13.2 Å². The van der Waals surface area contributed by atoms with Gasteiger partial charge in [0.1, 0.15) is 5.75 Å². The van der Waals surface area contributed by atoms with Gasteiger partial charge in [0.2, 0.25) is 0 Å². The van der Waals surface area contributed by atoms with Gasteiger partial charge >= 0.3 is 7.32 Å². The first-order valence-electron chi connectivity index (χ1n) is 3.50. The lowest BCUT2D eigenvalue weighted by Crippen LogP contribution is -2.20. The molecule has 4 nitrogen and oxygen atoms in total. The van der Waals surface area contributed by atoms with Crippen LogP contribution in [0.3, 0.4) is 0 Å². The largest absolute Gasteiger partial charge is 0.707 e. The van der Waals surface area contributed by atoms with Crippen molar-refractivity contribution in [3.05, 3.63) is 23.2 Å². The summed E-state index contributed by atoms with van der Waals surface area (Å²) in [5.41, 5.74) is 0. The molecule has 0 fully saturated rings. The molecule has 6 heteroatoms. The lowest BCUT2D eigenvalue weighted by atomic mass is 10.2. The van der Waals surface area contributed by atoms with Crippen molar-refractivity contribution < 1.29 is 19.4 Å². The Morgan fingerprint density at radius 1 is 1.31 bits per heavy atom. The van der Waals surface area contributed by atoms with Crippen molar-refractivity contribution in [2.45, 2.75) is 0 Å². The third-order valence-corrected chi connectivity index (χ3v) is 1.59. The molecular formula is C7H8BClO4. The Balaban J connectivity index is 2.94. The van der Waals surface area contributed by atoms with Gasteiger partial charge < -0.3 is 19.4 Å². The normalized spacial score (nSPS) is 9.54. The van der Waals surface area contributed by atoms with Crippen LogP contribution in [0.1, 0.15) is 0 Å². The molecule has 0 aliphatic rings. The zero-order valence-corrected chi connectivity index (χ0v) is 7.65. The maximum atomic E-state index is 8.55. The lowest BCUT2D eigenvalue weighted by Gasteiger charge is -2.09. The highest BCUT2D eigenvalue weighted by Crippen LogP contribution is 2.29. The Labute approximate surface area is 80.8 Å². The molecule has 0 aromatic heterocycles. The number of methoxy groups -OCH3 is 1. The number of hydrogen-bond donors (Lipinski definition) is 2. The molecule has 1 aromatic rings. The fourth-order valence-corrected chi connectivity index (χ4v) is 1.02. The Morgan fingerprint density at radius 3 is 2.54 bits per heavy atom. The number of ether oxygens (including phenoxy) is 1.